The summed E-state index contributed by atoms with van der Waals surface area (Å²) in [5.41, 5.74) is 1.39. The van der Waals surface area contributed by atoms with E-state index >= 15 is 0 Å². The van der Waals surface area contributed by atoms with Crippen LogP contribution in [-0.2, 0) is 4.79 Å². The van der Waals surface area contributed by atoms with Crippen LogP contribution in [0.1, 0.15) is 30.1 Å². The fourth-order valence-corrected chi connectivity index (χ4v) is 2.89. The van der Waals surface area contributed by atoms with Crippen LogP contribution in [-0.4, -0.2) is 39.5 Å². The maximum atomic E-state index is 12.7. The molecule has 1 aromatic heterocycles. The predicted octanol–water partition coefficient (Wildman–Crippen LogP) is 2.67. The molecule has 1 aliphatic rings. The third-order valence-electron chi connectivity index (χ3n) is 4.34. The van der Waals surface area contributed by atoms with Crippen molar-refractivity contribution in [2.75, 3.05) is 6.54 Å². The molecule has 6 heteroatoms. The third kappa shape index (κ3) is 3.11. The van der Waals surface area contributed by atoms with Gasteiger partial charge in [-0.2, -0.15) is 0 Å². The number of carbonyl (C=O) groups excluding carboxylic acids is 1. The Kier molecular flexibility index (Phi) is 4.14. The fraction of sp³-hybridized carbons (Fsp3) is 0.353. The lowest BCUT2D eigenvalue weighted by molar-refractivity contribution is -0.143. The van der Waals surface area contributed by atoms with Crippen molar-refractivity contribution in [3.05, 3.63) is 42.4 Å². The number of hydrogen-bond donors (Lipinski definition) is 1. The van der Waals surface area contributed by atoms with E-state index in [9.17, 15) is 14.7 Å². The number of hydrogen-bond acceptors (Lipinski definition) is 4. The first-order valence-corrected chi connectivity index (χ1v) is 7.59. The monoisotopic (exact) mass is 314 g/mol. The predicted molar refractivity (Wildman–Crippen MR) is 82.8 cm³/mol. The second-order valence-electron chi connectivity index (χ2n) is 5.86. The molecule has 0 saturated carbocycles. The Labute approximate surface area is 133 Å². The van der Waals surface area contributed by atoms with Gasteiger partial charge in [0.15, 0.2) is 12.2 Å². The van der Waals surface area contributed by atoms with Crippen LogP contribution in [0.25, 0.3) is 11.3 Å². The van der Waals surface area contributed by atoms with Gasteiger partial charge in [-0.15, -0.1) is 0 Å². The molecule has 1 aliphatic heterocycles. The Hall–Kier alpha value is -2.63. The first-order valence-electron chi connectivity index (χ1n) is 7.59. The van der Waals surface area contributed by atoms with Crippen molar-refractivity contribution < 1.29 is 19.1 Å². The van der Waals surface area contributed by atoms with Gasteiger partial charge in [0.2, 0.25) is 0 Å². The molecule has 2 aromatic rings. The largest absolute Gasteiger partial charge is 0.481 e. The molecule has 0 bridgehead atoms. The lowest BCUT2D eigenvalue weighted by atomic mass is 9.93. The number of amides is 1. The maximum Gasteiger partial charge on any atom is 0.308 e. The Morgan fingerprint density at radius 2 is 2.00 bits per heavy atom. The van der Waals surface area contributed by atoms with Crippen molar-refractivity contribution in [3.8, 4) is 11.3 Å². The summed E-state index contributed by atoms with van der Waals surface area (Å²) < 4.78 is 5.22. The summed E-state index contributed by atoms with van der Waals surface area (Å²) >= 11 is 0. The number of carboxylic acid groups (broad SMARTS) is 1. The minimum absolute atomic E-state index is 0.0482. The van der Waals surface area contributed by atoms with Crippen LogP contribution in [0, 0.1) is 5.92 Å². The van der Waals surface area contributed by atoms with Gasteiger partial charge in [0.1, 0.15) is 0 Å². The molecule has 1 N–H and O–H groups in total. The highest BCUT2D eigenvalue weighted by molar-refractivity contribution is 5.95. The van der Waals surface area contributed by atoms with Crippen molar-refractivity contribution in [1.29, 1.82) is 0 Å². The van der Waals surface area contributed by atoms with Crippen LogP contribution in [0.4, 0.5) is 0 Å². The van der Waals surface area contributed by atoms with Crippen molar-refractivity contribution in [2.45, 2.75) is 25.8 Å². The first kappa shape index (κ1) is 15.3. The topological polar surface area (TPSA) is 83.6 Å². The minimum Gasteiger partial charge on any atom is -0.481 e. The van der Waals surface area contributed by atoms with Crippen molar-refractivity contribution in [1.82, 2.24) is 9.88 Å². The van der Waals surface area contributed by atoms with E-state index in [1.807, 2.05) is 6.92 Å². The zero-order valence-electron chi connectivity index (χ0n) is 12.8. The number of likely N-dealkylation sites (tertiary alicyclic amines) is 1. The normalized spacial score (nSPS) is 21.2. The number of nitrogens with zero attached hydrogens (tertiary/aromatic N) is 2. The van der Waals surface area contributed by atoms with Gasteiger partial charge in [-0.25, -0.2) is 4.98 Å². The standard InChI is InChI=1S/C17H18N2O4/c1-11-2-3-14(17(21)22)9-19(11)16(20)13-6-4-12(5-7-13)15-8-18-10-23-15/h4-8,10-11,14H,2-3,9H2,1H3,(H,21,22). The van der Waals surface area contributed by atoms with Crippen LogP contribution in [0.15, 0.2) is 41.3 Å². The SMILES string of the molecule is CC1CCC(C(=O)O)CN1C(=O)c1ccc(-c2cnco2)cc1. The number of carboxylic acids is 1. The molecule has 2 unspecified atom stereocenters. The lowest BCUT2D eigenvalue weighted by Crippen LogP contribution is -2.47. The molecule has 1 saturated heterocycles. The zero-order valence-corrected chi connectivity index (χ0v) is 12.8. The average molecular weight is 314 g/mol. The molecular weight excluding hydrogens is 296 g/mol. The molecule has 1 amide bonds. The average Bonchev–Trinajstić information content (AvgIpc) is 3.09. The van der Waals surface area contributed by atoms with Crippen LogP contribution in [0.3, 0.4) is 0 Å². The number of rotatable bonds is 3. The molecular formula is C17H18N2O4. The summed E-state index contributed by atoms with van der Waals surface area (Å²) in [4.78, 5) is 29.4. The summed E-state index contributed by atoms with van der Waals surface area (Å²) in [6.07, 6.45) is 4.29. The van der Waals surface area contributed by atoms with E-state index in [2.05, 4.69) is 4.98 Å². The van der Waals surface area contributed by atoms with Gasteiger partial charge in [-0.3, -0.25) is 9.59 Å². The van der Waals surface area contributed by atoms with E-state index in [0.717, 1.165) is 5.56 Å². The Balaban J connectivity index is 1.77. The summed E-state index contributed by atoms with van der Waals surface area (Å²) in [6.45, 7) is 2.22. The molecule has 2 heterocycles. The first-order chi connectivity index (χ1) is 11.1. The number of benzene rings is 1. The van der Waals surface area contributed by atoms with Crippen molar-refractivity contribution >= 4 is 11.9 Å². The molecule has 0 spiro atoms. The van der Waals surface area contributed by atoms with Crippen LogP contribution >= 0.6 is 0 Å². The van der Waals surface area contributed by atoms with Crippen LogP contribution in [0.2, 0.25) is 0 Å². The van der Waals surface area contributed by atoms with Crippen LogP contribution in [0.5, 0.6) is 0 Å². The van der Waals surface area contributed by atoms with Gasteiger partial charge in [0, 0.05) is 23.7 Å². The molecule has 0 radical (unpaired) electrons. The summed E-state index contributed by atoms with van der Waals surface area (Å²) in [6, 6.07) is 7.12. The van der Waals surface area contributed by atoms with Gasteiger partial charge in [0.25, 0.3) is 5.91 Å². The second kappa shape index (κ2) is 6.24. The Bertz CT molecular complexity index is 694. The number of oxazole rings is 1. The number of piperidine rings is 1. The third-order valence-corrected chi connectivity index (χ3v) is 4.34. The van der Waals surface area contributed by atoms with Crippen molar-refractivity contribution in [3.63, 3.8) is 0 Å². The molecule has 2 atom stereocenters. The van der Waals surface area contributed by atoms with Crippen molar-refractivity contribution in [2.24, 2.45) is 5.92 Å². The Morgan fingerprint density at radius 3 is 2.61 bits per heavy atom. The molecule has 3 rings (SSSR count). The van der Waals surface area contributed by atoms with Gasteiger partial charge >= 0.3 is 5.97 Å². The van der Waals surface area contributed by atoms with E-state index in [0.29, 0.717) is 24.2 Å². The Morgan fingerprint density at radius 1 is 1.26 bits per heavy atom. The number of aromatic nitrogens is 1. The molecule has 23 heavy (non-hydrogen) atoms. The smallest absolute Gasteiger partial charge is 0.308 e. The van der Waals surface area contributed by atoms with Gasteiger partial charge in [-0.05, 0) is 31.9 Å². The highest BCUT2D eigenvalue weighted by Gasteiger charge is 2.32. The molecule has 1 fully saturated rings. The van der Waals surface area contributed by atoms with E-state index in [1.54, 1.807) is 35.4 Å². The zero-order chi connectivity index (χ0) is 16.4. The highest BCUT2D eigenvalue weighted by Crippen LogP contribution is 2.25. The van der Waals surface area contributed by atoms with Crippen LogP contribution < -0.4 is 0 Å². The quantitative estimate of drug-likeness (QED) is 0.941. The number of carbonyl (C=O) groups is 2. The lowest BCUT2D eigenvalue weighted by Gasteiger charge is -2.36. The van der Waals surface area contributed by atoms with Gasteiger partial charge in [0.05, 0.1) is 12.1 Å². The fourth-order valence-electron chi connectivity index (χ4n) is 2.89. The minimum atomic E-state index is -0.838. The van der Waals surface area contributed by atoms with Gasteiger partial charge < -0.3 is 14.4 Å². The summed E-state index contributed by atoms with van der Waals surface area (Å²) in [5, 5.41) is 9.18. The summed E-state index contributed by atoms with van der Waals surface area (Å²) in [5.74, 6) is -0.812. The molecule has 120 valence electrons. The summed E-state index contributed by atoms with van der Waals surface area (Å²) in [7, 11) is 0. The van der Waals surface area contributed by atoms with E-state index < -0.39 is 11.9 Å². The second-order valence-corrected chi connectivity index (χ2v) is 5.86. The molecule has 6 nitrogen and oxygen atoms in total. The van der Waals surface area contributed by atoms with Gasteiger partial charge in [-0.1, -0.05) is 12.1 Å². The highest BCUT2D eigenvalue weighted by atomic mass is 16.4. The van der Waals surface area contributed by atoms with E-state index in [4.69, 9.17) is 4.42 Å². The molecule has 0 aliphatic carbocycles. The van der Waals surface area contributed by atoms with E-state index in [-0.39, 0.29) is 18.5 Å². The van der Waals surface area contributed by atoms with E-state index in [1.165, 1.54) is 6.39 Å². The molecule has 1 aromatic carbocycles. The number of aliphatic carboxylic acids is 1. The maximum absolute atomic E-state index is 12.7.